The Morgan fingerprint density at radius 1 is 1.25 bits per heavy atom. The molecule has 0 aromatic carbocycles. The van der Waals surface area contributed by atoms with E-state index in [0.717, 1.165) is 31.5 Å². The fraction of sp³-hybridized carbons (Fsp3) is 0.833. The molecule has 132 valence electrons. The van der Waals surface area contributed by atoms with E-state index in [0.29, 0.717) is 36.2 Å². The highest BCUT2D eigenvalue weighted by Gasteiger charge is 2.34. The summed E-state index contributed by atoms with van der Waals surface area (Å²) in [5, 5.41) is 10.8. The van der Waals surface area contributed by atoms with Gasteiger partial charge in [-0.1, -0.05) is 18.0 Å². The van der Waals surface area contributed by atoms with Gasteiger partial charge in [-0.3, -0.25) is 4.79 Å². The van der Waals surface area contributed by atoms with Crippen LogP contribution in [0.5, 0.6) is 0 Å². The van der Waals surface area contributed by atoms with E-state index >= 15 is 0 Å². The summed E-state index contributed by atoms with van der Waals surface area (Å²) in [5.41, 5.74) is 0. The first kappa shape index (κ1) is 16.1. The first-order chi connectivity index (χ1) is 11.7. The SMILES string of the molecule is C[C@@H](NC(=O)CC1C[C@H]2CC[C@@H](C1)N2)c1nc(C2CCCC2)no1. The highest BCUT2D eigenvalue weighted by Crippen LogP contribution is 2.34. The first-order valence-corrected chi connectivity index (χ1v) is 9.56. The number of carbonyl (C=O) groups excluding carboxylic acids is 1. The van der Waals surface area contributed by atoms with Crippen LogP contribution in [0.2, 0.25) is 0 Å². The fourth-order valence-corrected chi connectivity index (χ4v) is 4.74. The molecule has 24 heavy (non-hydrogen) atoms. The van der Waals surface area contributed by atoms with Gasteiger partial charge in [0.2, 0.25) is 11.8 Å². The highest BCUT2D eigenvalue weighted by molar-refractivity contribution is 5.76. The molecule has 0 radical (unpaired) electrons. The molecule has 4 atom stereocenters. The molecular weight excluding hydrogens is 304 g/mol. The van der Waals surface area contributed by atoms with Gasteiger partial charge in [-0.2, -0.15) is 4.98 Å². The number of hydrogen-bond acceptors (Lipinski definition) is 5. The molecule has 1 amide bonds. The highest BCUT2D eigenvalue weighted by atomic mass is 16.5. The molecule has 1 aromatic rings. The van der Waals surface area contributed by atoms with E-state index in [4.69, 9.17) is 4.52 Å². The largest absolute Gasteiger partial charge is 0.345 e. The van der Waals surface area contributed by atoms with Gasteiger partial charge in [-0.25, -0.2) is 0 Å². The molecule has 6 nitrogen and oxygen atoms in total. The zero-order valence-electron chi connectivity index (χ0n) is 14.5. The van der Waals surface area contributed by atoms with Crippen molar-refractivity contribution in [3.05, 3.63) is 11.7 Å². The third kappa shape index (κ3) is 3.48. The summed E-state index contributed by atoms with van der Waals surface area (Å²) in [6.07, 6.45) is 10.2. The zero-order valence-corrected chi connectivity index (χ0v) is 14.5. The van der Waals surface area contributed by atoms with Gasteiger partial charge in [0.05, 0.1) is 0 Å². The number of hydrogen-bond donors (Lipinski definition) is 2. The zero-order chi connectivity index (χ0) is 16.5. The fourth-order valence-electron chi connectivity index (χ4n) is 4.74. The van der Waals surface area contributed by atoms with Crippen LogP contribution in [-0.2, 0) is 4.79 Å². The maximum Gasteiger partial charge on any atom is 0.248 e. The lowest BCUT2D eigenvalue weighted by Crippen LogP contribution is -2.40. The van der Waals surface area contributed by atoms with Gasteiger partial charge in [0.15, 0.2) is 5.82 Å². The van der Waals surface area contributed by atoms with Gasteiger partial charge >= 0.3 is 0 Å². The van der Waals surface area contributed by atoms with Crippen LogP contribution < -0.4 is 10.6 Å². The van der Waals surface area contributed by atoms with Gasteiger partial charge in [-0.05, 0) is 51.4 Å². The van der Waals surface area contributed by atoms with Gasteiger partial charge in [0, 0.05) is 24.4 Å². The summed E-state index contributed by atoms with van der Waals surface area (Å²) >= 11 is 0. The lowest BCUT2D eigenvalue weighted by atomic mass is 9.89. The predicted octanol–water partition coefficient (Wildman–Crippen LogP) is 2.83. The van der Waals surface area contributed by atoms with Crippen LogP contribution in [0.3, 0.4) is 0 Å². The van der Waals surface area contributed by atoms with Crippen LogP contribution in [0.25, 0.3) is 0 Å². The predicted molar refractivity (Wildman–Crippen MR) is 89.4 cm³/mol. The molecule has 1 aliphatic carbocycles. The van der Waals surface area contributed by atoms with Crippen LogP contribution in [0.1, 0.15) is 88.4 Å². The Morgan fingerprint density at radius 2 is 1.96 bits per heavy atom. The standard InChI is InChI=1S/C18H28N4O2/c1-11(18-21-17(22-24-18)13-4-2-3-5-13)19-16(23)10-12-8-14-6-7-15(9-12)20-14/h11-15,20H,2-10H2,1H3,(H,19,23)/t11-,12?,14-,15+/m1/s1. The molecule has 2 aliphatic heterocycles. The summed E-state index contributed by atoms with van der Waals surface area (Å²) in [7, 11) is 0. The molecule has 2 saturated heterocycles. The molecule has 1 unspecified atom stereocenters. The van der Waals surface area contributed by atoms with Crippen molar-refractivity contribution in [2.75, 3.05) is 0 Å². The number of carbonyl (C=O) groups is 1. The minimum absolute atomic E-state index is 0.106. The lowest BCUT2D eigenvalue weighted by Gasteiger charge is -2.28. The Balaban J connectivity index is 1.29. The van der Waals surface area contributed by atoms with Crippen molar-refractivity contribution in [2.45, 2.75) is 88.8 Å². The van der Waals surface area contributed by atoms with E-state index in [1.807, 2.05) is 6.92 Å². The van der Waals surface area contributed by atoms with E-state index in [2.05, 4.69) is 20.8 Å². The van der Waals surface area contributed by atoms with E-state index in [9.17, 15) is 4.79 Å². The quantitative estimate of drug-likeness (QED) is 0.866. The van der Waals surface area contributed by atoms with Crippen molar-refractivity contribution in [3.8, 4) is 0 Å². The molecule has 2 N–H and O–H groups in total. The summed E-state index contributed by atoms with van der Waals surface area (Å²) in [6.45, 7) is 1.93. The molecule has 3 heterocycles. The van der Waals surface area contributed by atoms with Crippen LogP contribution in [0, 0.1) is 5.92 Å². The summed E-state index contributed by atoms with van der Waals surface area (Å²) in [5.74, 6) is 2.41. The van der Waals surface area contributed by atoms with Crippen molar-refractivity contribution < 1.29 is 9.32 Å². The minimum Gasteiger partial charge on any atom is -0.345 e. The second-order valence-electron chi connectivity index (χ2n) is 7.94. The van der Waals surface area contributed by atoms with Crippen LogP contribution in [-0.4, -0.2) is 28.1 Å². The lowest BCUT2D eigenvalue weighted by molar-refractivity contribution is -0.123. The van der Waals surface area contributed by atoms with Crippen molar-refractivity contribution in [1.29, 1.82) is 0 Å². The maximum absolute atomic E-state index is 12.4. The average Bonchev–Trinajstić information content (AvgIpc) is 3.27. The third-order valence-electron chi connectivity index (χ3n) is 5.97. The van der Waals surface area contributed by atoms with Gasteiger partial charge in [0.1, 0.15) is 6.04 Å². The molecule has 3 fully saturated rings. The molecule has 2 bridgehead atoms. The van der Waals surface area contributed by atoms with Crippen molar-refractivity contribution in [3.63, 3.8) is 0 Å². The second-order valence-corrected chi connectivity index (χ2v) is 7.94. The van der Waals surface area contributed by atoms with Crippen LogP contribution in [0.15, 0.2) is 4.52 Å². The van der Waals surface area contributed by atoms with E-state index < -0.39 is 0 Å². The maximum atomic E-state index is 12.4. The Bertz CT molecular complexity index is 569. The molecule has 3 aliphatic rings. The van der Waals surface area contributed by atoms with E-state index in [1.165, 1.54) is 25.7 Å². The van der Waals surface area contributed by atoms with Crippen molar-refractivity contribution in [2.24, 2.45) is 5.92 Å². The Labute approximate surface area is 143 Å². The Kier molecular flexibility index (Phi) is 4.57. The van der Waals surface area contributed by atoms with Crippen LogP contribution in [0.4, 0.5) is 0 Å². The monoisotopic (exact) mass is 332 g/mol. The van der Waals surface area contributed by atoms with Gasteiger partial charge < -0.3 is 15.2 Å². The average molecular weight is 332 g/mol. The number of nitrogens with zero attached hydrogens (tertiary/aromatic N) is 2. The van der Waals surface area contributed by atoms with Crippen molar-refractivity contribution >= 4 is 5.91 Å². The number of nitrogens with one attached hydrogen (secondary N) is 2. The smallest absolute Gasteiger partial charge is 0.248 e. The van der Waals surface area contributed by atoms with Crippen LogP contribution >= 0.6 is 0 Å². The normalized spacial score (nSPS) is 31.3. The molecule has 4 rings (SSSR count). The minimum atomic E-state index is -0.210. The first-order valence-electron chi connectivity index (χ1n) is 9.56. The summed E-state index contributed by atoms with van der Waals surface area (Å²) in [6, 6.07) is 1.05. The van der Waals surface area contributed by atoms with Gasteiger partial charge in [-0.15, -0.1) is 0 Å². The topological polar surface area (TPSA) is 80.0 Å². The molecular formula is C18H28N4O2. The number of amides is 1. The van der Waals surface area contributed by atoms with E-state index in [1.54, 1.807) is 0 Å². The third-order valence-corrected chi connectivity index (χ3v) is 5.97. The molecule has 6 heteroatoms. The molecule has 1 aromatic heterocycles. The number of piperidine rings is 1. The number of aromatic nitrogens is 2. The summed E-state index contributed by atoms with van der Waals surface area (Å²) in [4.78, 5) is 16.9. The second kappa shape index (κ2) is 6.82. The Morgan fingerprint density at radius 3 is 2.67 bits per heavy atom. The van der Waals surface area contributed by atoms with Crippen molar-refractivity contribution in [1.82, 2.24) is 20.8 Å². The van der Waals surface area contributed by atoms with E-state index in [-0.39, 0.29) is 11.9 Å². The van der Waals surface area contributed by atoms with Gasteiger partial charge in [0.25, 0.3) is 0 Å². The Hall–Kier alpha value is -1.43. The molecule has 1 saturated carbocycles. The summed E-state index contributed by atoms with van der Waals surface area (Å²) < 4.78 is 5.39. The number of rotatable bonds is 5. The molecule has 0 spiro atoms. The number of fused-ring (bicyclic) bond motifs is 2.